The van der Waals surface area contributed by atoms with Gasteiger partial charge in [0.25, 0.3) is 0 Å². The summed E-state index contributed by atoms with van der Waals surface area (Å²) in [6.45, 7) is 2.06. The molecule has 23 heavy (non-hydrogen) atoms. The van der Waals surface area contributed by atoms with Crippen molar-refractivity contribution in [1.29, 1.82) is 0 Å². The summed E-state index contributed by atoms with van der Waals surface area (Å²) in [5.41, 5.74) is 2.48. The van der Waals surface area contributed by atoms with Crippen molar-refractivity contribution in [3.05, 3.63) is 47.5 Å². The minimum absolute atomic E-state index is 0.401. The van der Waals surface area contributed by atoms with Gasteiger partial charge in [-0.15, -0.1) is 0 Å². The lowest BCUT2D eigenvalue weighted by atomic mass is 9.84. The Morgan fingerprint density at radius 1 is 0.957 bits per heavy atom. The van der Waals surface area contributed by atoms with Crippen LogP contribution in [0, 0.1) is 0 Å². The summed E-state index contributed by atoms with van der Waals surface area (Å²) in [6.07, 6.45) is 0. The Balaban J connectivity index is 1.96. The van der Waals surface area contributed by atoms with E-state index in [1.807, 2.05) is 18.2 Å². The van der Waals surface area contributed by atoms with Crippen molar-refractivity contribution < 1.29 is 14.2 Å². The zero-order chi connectivity index (χ0) is 16.0. The van der Waals surface area contributed by atoms with Gasteiger partial charge in [-0.1, -0.05) is 24.3 Å². The summed E-state index contributed by atoms with van der Waals surface area (Å²) >= 11 is 0. The van der Waals surface area contributed by atoms with E-state index in [0.717, 1.165) is 24.6 Å². The fourth-order valence-electron chi connectivity index (χ4n) is 3.93. The third-order valence-electron chi connectivity index (χ3n) is 4.96. The molecule has 4 heteroatoms. The molecule has 0 aliphatic carbocycles. The van der Waals surface area contributed by atoms with Crippen LogP contribution in [0.5, 0.6) is 23.0 Å². The molecule has 1 saturated heterocycles. The Morgan fingerprint density at radius 3 is 2.43 bits per heavy atom. The van der Waals surface area contributed by atoms with Crippen molar-refractivity contribution in [2.75, 3.05) is 34.4 Å². The SMILES string of the molecule is COc1ccc2c(c1OC)Oc1ccccc1C1CN(C)CC21. The van der Waals surface area contributed by atoms with E-state index >= 15 is 0 Å². The van der Waals surface area contributed by atoms with Crippen LogP contribution >= 0.6 is 0 Å². The van der Waals surface area contributed by atoms with E-state index in [-0.39, 0.29) is 0 Å². The van der Waals surface area contributed by atoms with Gasteiger partial charge in [-0.3, -0.25) is 0 Å². The van der Waals surface area contributed by atoms with Crippen LogP contribution in [0.4, 0.5) is 0 Å². The molecule has 0 spiro atoms. The molecule has 0 saturated carbocycles. The molecule has 1 fully saturated rings. The van der Waals surface area contributed by atoms with Crippen LogP contribution < -0.4 is 14.2 Å². The highest BCUT2D eigenvalue weighted by atomic mass is 16.5. The number of ether oxygens (including phenoxy) is 3. The highest BCUT2D eigenvalue weighted by Gasteiger charge is 2.39. The molecule has 0 N–H and O–H groups in total. The lowest BCUT2D eigenvalue weighted by Crippen LogP contribution is -2.14. The van der Waals surface area contributed by atoms with Gasteiger partial charge in [0.15, 0.2) is 11.5 Å². The van der Waals surface area contributed by atoms with Crippen LogP contribution in [0.1, 0.15) is 23.0 Å². The van der Waals surface area contributed by atoms with E-state index in [1.165, 1.54) is 11.1 Å². The van der Waals surface area contributed by atoms with E-state index < -0.39 is 0 Å². The first kappa shape index (κ1) is 14.4. The molecule has 0 radical (unpaired) electrons. The summed E-state index contributed by atoms with van der Waals surface area (Å²) in [5.74, 6) is 3.93. The smallest absolute Gasteiger partial charge is 0.204 e. The molecule has 0 bridgehead atoms. The number of likely N-dealkylation sites (tertiary alicyclic amines) is 1. The molecule has 2 aliphatic heterocycles. The van der Waals surface area contributed by atoms with Crippen molar-refractivity contribution in [3.63, 3.8) is 0 Å². The lowest BCUT2D eigenvalue weighted by Gasteiger charge is -2.19. The topological polar surface area (TPSA) is 30.9 Å². The van der Waals surface area contributed by atoms with Crippen LogP contribution in [-0.2, 0) is 0 Å². The monoisotopic (exact) mass is 311 g/mol. The maximum Gasteiger partial charge on any atom is 0.204 e. The van der Waals surface area contributed by atoms with Crippen LogP contribution in [0.25, 0.3) is 0 Å². The van der Waals surface area contributed by atoms with Gasteiger partial charge in [0.1, 0.15) is 5.75 Å². The molecule has 2 atom stereocenters. The Kier molecular flexibility index (Phi) is 3.42. The largest absolute Gasteiger partial charge is 0.493 e. The van der Waals surface area contributed by atoms with Crippen LogP contribution in [0.3, 0.4) is 0 Å². The van der Waals surface area contributed by atoms with Gasteiger partial charge in [-0.25, -0.2) is 0 Å². The summed E-state index contributed by atoms with van der Waals surface area (Å²) in [6, 6.07) is 12.4. The zero-order valence-electron chi connectivity index (χ0n) is 13.7. The summed E-state index contributed by atoms with van der Waals surface area (Å²) in [4.78, 5) is 2.39. The number of rotatable bonds is 2. The van der Waals surface area contributed by atoms with Crippen molar-refractivity contribution in [1.82, 2.24) is 4.90 Å². The predicted octanol–water partition coefficient (Wildman–Crippen LogP) is 3.62. The number of likely N-dealkylation sites (N-methyl/N-ethyl adjacent to an activating group) is 1. The van der Waals surface area contributed by atoms with Gasteiger partial charge < -0.3 is 19.1 Å². The highest BCUT2D eigenvalue weighted by Crippen LogP contribution is 2.54. The molecule has 2 unspecified atom stereocenters. The molecule has 2 aromatic carbocycles. The number of para-hydroxylation sites is 1. The second-order valence-corrected chi connectivity index (χ2v) is 6.29. The molecule has 0 amide bonds. The number of hydrogen-bond acceptors (Lipinski definition) is 4. The predicted molar refractivity (Wildman–Crippen MR) is 89.0 cm³/mol. The van der Waals surface area contributed by atoms with Crippen molar-refractivity contribution in [3.8, 4) is 23.0 Å². The third-order valence-corrected chi connectivity index (χ3v) is 4.96. The van der Waals surface area contributed by atoms with Gasteiger partial charge in [0, 0.05) is 30.5 Å². The number of fused-ring (bicyclic) bond motifs is 5. The number of benzene rings is 2. The van der Waals surface area contributed by atoms with E-state index in [0.29, 0.717) is 23.3 Å². The number of hydrogen-bond donors (Lipinski definition) is 0. The fourth-order valence-corrected chi connectivity index (χ4v) is 3.93. The third kappa shape index (κ3) is 2.17. The number of methoxy groups -OCH3 is 2. The van der Waals surface area contributed by atoms with Gasteiger partial charge >= 0.3 is 0 Å². The van der Waals surface area contributed by atoms with Crippen molar-refractivity contribution in [2.45, 2.75) is 11.8 Å². The van der Waals surface area contributed by atoms with E-state index in [2.05, 4.69) is 30.1 Å². The zero-order valence-corrected chi connectivity index (χ0v) is 13.7. The molecule has 120 valence electrons. The van der Waals surface area contributed by atoms with E-state index in [4.69, 9.17) is 14.2 Å². The fraction of sp³-hybridized carbons (Fsp3) is 0.368. The first-order chi connectivity index (χ1) is 11.2. The standard InChI is InChI=1S/C19H21NO3/c1-20-10-14-12-6-4-5-7-16(12)23-18-13(15(14)11-20)8-9-17(21-2)19(18)22-3/h4-9,14-15H,10-11H2,1-3H3. The first-order valence-corrected chi connectivity index (χ1v) is 7.93. The second-order valence-electron chi connectivity index (χ2n) is 6.29. The Morgan fingerprint density at radius 2 is 1.70 bits per heavy atom. The molecule has 2 aliphatic rings. The van der Waals surface area contributed by atoms with Gasteiger partial charge in [0.2, 0.25) is 5.75 Å². The number of nitrogens with zero attached hydrogens (tertiary/aromatic N) is 1. The van der Waals surface area contributed by atoms with E-state index in [1.54, 1.807) is 14.2 Å². The normalized spacial score (nSPS) is 22.4. The summed E-state index contributed by atoms with van der Waals surface area (Å²) in [7, 11) is 5.50. The minimum Gasteiger partial charge on any atom is -0.493 e. The lowest BCUT2D eigenvalue weighted by molar-refractivity contribution is 0.334. The first-order valence-electron chi connectivity index (χ1n) is 7.93. The quantitative estimate of drug-likeness (QED) is 0.847. The van der Waals surface area contributed by atoms with E-state index in [9.17, 15) is 0 Å². The van der Waals surface area contributed by atoms with Gasteiger partial charge in [-0.2, -0.15) is 0 Å². The molecule has 0 aromatic heterocycles. The maximum atomic E-state index is 6.32. The van der Waals surface area contributed by atoms with Crippen molar-refractivity contribution in [2.24, 2.45) is 0 Å². The highest BCUT2D eigenvalue weighted by molar-refractivity contribution is 5.61. The Hall–Kier alpha value is -2.20. The molecular weight excluding hydrogens is 290 g/mol. The Labute approximate surface area is 136 Å². The maximum absolute atomic E-state index is 6.32. The minimum atomic E-state index is 0.401. The van der Waals surface area contributed by atoms with Crippen molar-refractivity contribution >= 4 is 0 Å². The van der Waals surface area contributed by atoms with Crippen LogP contribution in [0.2, 0.25) is 0 Å². The molecular formula is C19H21NO3. The van der Waals surface area contributed by atoms with Crippen LogP contribution in [-0.4, -0.2) is 39.3 Å². The molecule has 2 aromatic rings. The molecule has 2 heterocycles. The summed E-state index contributed by atoms with van der Waals surface area (Å²) < 4.78 is 17.4. The second kappa shape index (κ2) is 5.46. The average molecular weight is 311 g/mol. The Bertz CT molecular complexity index is 743. The molecule has 4 rings (SSSR count). The average Bonchev–Trinajstić information content (AvgIpc) is 2.90. The van der Waals surface area contributed by atoms with Gasteiger partial charge in [0.05, 0.1) is 14.2 Å². The van der Waals surface area contributed by atoms with Gasteiger partial charge in [-0.05, 0) is 24.7 Å². The molecule has 4 nitrogen and oxygen atoms in total. The summed E-state index contributed by atoms with van der Waals surface area (Å²) in [5, 5.41) is 0. The van der Waals surface area contributed by atoms with Crippen LogP contribution in [0.15, 0.2) is 36.4 Å².